The fourth-order valence-electron chi connectivity index (χ4n) is 4.33. The van der Waals surface area contributed by atoms with E-state index >= 15 is 0 Å². The highest BCUT2D eigenvalue weighted by Gasteiger charge is 2.21. The smallest absolute Gasteiger partial charge is 0.282 e. The van der Waals surface area contributed by atoms with Crippen LogP contribution in [0.1, 0.15) is 11.1 Å². The molecule has 6 aromatic rings. The van der Waals surface area contributed by atoms with Gasteiger partial charge in [0.05, 0.1) is 16.3 Å². The Bertz CT molecular complexity index is 2330. The predicted molar refractivity (Wildman–Crippen MR) is 153 cm³/mol. The summed E-state index contributed by atoms with van der Waals surface area (Å²) in [6.07, 6.45) is 2.30. The largest absolute Gasteiger partial charge is 0.295 e. The number of aromatic nitrogens is 6. The van der Waals surface area contributed by atoms with Gasteiger partial charge in [-0.15, -0.1) is 20.4 Å². The van der Waals surface area contributed by atoms with Gasteiger partial charge in [0, 0.05) is 12.1 Å². The van der Waals surface area contributed by atoms with Gasteiger partial charge in [0.25, 0.3) is 25.9 Å². The second-order valence-corrected chi connectivity index (χ2v) is 11.9. The molecule has 0 fully saturated rings. The Morgan fingerprint density at radius 1 is 0.651 bits per heavy atom. The summed E-state index contributed by atoms with van der Waals surface area (Å²) in [6, 6.07) is 19.3. The first-order chi connectivity index (χ1) is 20.4. The van der Waals surface area contributed by atoms with Crippen LogP contribution in [0.3, 0.4) is 0 Å². The van der Waals surface area contributed by atoms with Gasteiger partial charge in [-0.2, -0.15) is 26.4 Å². The van der Waals surface area contributed by atoms with Crippen molar-refractivity contribution in [3.05, 3.63) is 100 Å². The number of nitrogens with zero attached hydrogens (tertiary/aromatic N) is 7. The van der Waals surface area contributed by atoms with Gasteiger partial charge in [-0.3, -0.25) is 19.2 Å². The fraction of sp³-hybridized carbons (Fsp3) is 0. The van der Waals surface area contributed by atoms with E-state index in [0.717, 1.165) is 30.0 Å². The molecule has 0 bridgehead atoms. The summed E-state index contributed by atoms with van der Waals surface area (Å²) in [7, 11) is -9.69. The van der Waals surface area contributed by atoms with E-state index in [0.29, 0.717) is 28.1 Å². The average Bonchev–Trinajstić information content (AvgIpc) is 3.60. The molecule has 43 heavy (non-hydrogen) atoms. The Morgan fingerprint density at radius 3 is 1.70 bits per heavy atom. The third-order valence-electron chi connectivity index (χ3n) is 6.32. The van der Waals surface area contributed by atoms with E-state index in [1.807, 2.05) is 30.3 Å². The van der Waals surface area contributed by atoms with Crippen molar-refractivity contribution in [2.24, 2.45) is 0 Å². The van der Waals surface area contributed by atoms with Gasteiger partial charge < -0.3 is 0 Å². The molecule has 0 saturated heterocycles. The van der Waals surface area contributed by atoms with Crippen LogP contribution in [0.5, 0.6) is 0 Å². The minimum Gasteiger partial charge on any atom is -0.282 e. The molecule has 0 saturated carbocycles. The second-order valence-electron chi connectivity index (χ2n) is 9.10. The van der Waals surface area contributed by atoms with Crippen molar-refractivity contribution in [3.8, 4) is 11.4 Å². The number of nitro benzene ring substituents is 1. The zero-order valence-corrected chi connectivity index (χ0v) is 23.1. The van der Waals surface area contributed by atoms with Crippen LogP contribution in [0.15, 0.2) is 88.7 Å². The molecule has 2 heterocycles. The highest BCUT2D eigenvalue weighted by atomic mass is 32.2. The van der Waals surface area contributed by atoms with Crippen LogP contribution in [-0.2, 0) is 20.2 Å². The summed E-state index contributed by atoms with van der Waals surface area (Å²) in [5.41, 5.74) is 1.96. The van der Waals surface area contributed by atoms with E-state index in [-0.39, 0.29) is 16.8 Å². The Labute approximate surface area is 242 Å². The predicted octanol–water partition coefficient (Wildman–Crippen LogP) is 3.73. The lowest BCUT2D eigenvalue weighted by Gasteiger charge is -2.07. The molecule has 15 nitrogen and oxygen atoms in total. The van der Waals surface area contributed by atoms with Crippen molar-refractivity contribution in [2.75, 3.05) is 0 Å². The van der Waals surface area contributed by atoms with Crippen molar-refractivity contribution >= 4 is 60.1 Å². The van der Waals surface area contributed by atoms with Gasteiger partial charge in [-0.05, 0) is 53.6 Å². The average molecular weight is 620 g/mol. The van der Waals surface area contributed by atoms with Gasteiger partial charge in [-0.1, -0.05) is 36.4 Å². The minimum atomic E-state index is -4.87. The van der Waals surface area contributed by atoms with Crippen LogP contribution in [0, 0.1) is 10.1 Å². The van der Waals surface area contributed by atoms with E-state index in [1.54, 1.807) is 12.1 Å². The van der Waals surface area contributed by atoms with Crippen molar-refractivity contribution in [3.63, 3.8) is 0 Å². The first-order valence-electron chi connectivity index (χ1n) is 12.1. The third-order valence-corrected chi connectivity index (χ3v) is 8.14. The first-order valence-corrected chi connectivity index (χ1v) is 15.0. The van der Waals surface area contributed by atoms with Crippen molar-refractivity contribution in [1.82, 2.24) is 30.0 Å². The molecule has 216 valence electrons. The maximum absolute atomic E-state index is 12.3. The molecular weight excluding hydrogens is 602 g/mol. The molecule has 0 aliphatic rings. The maximum Gasteiger partial charge on any atom is 0.295 e. The third kappa shape index (κ3) is 5.35. The monoisotopic (exact) mass is 619 g/mol. The van der Waals surface area contributed by atoms with E-state index in [1.165, 1.54) is 27.8 Å². The summed E-state index contributed by atoms with van der Waals surface area (Å²) in [6.45, 7) is 0. The summed E-state index contributed by atoms with van der Waals surface area (Å²) in [4.78, 5) is 11.5. The van der Waals surface area contributed by atoms with Gasteiger partial charge in [0.15, 0.2) is 0 Å². The number of para-hydroxylation sites is 1. The standard InChI is InChI=1S/C26H17N7O8S2/c34-33(35)20-11-9-17(24(15-20)43(39,40)41)7-6-16-8-10-19(14-23(16)42(36,37)38)32-28-22-13-12-21-25(26(22)30-32)29-31(27-21)18-4-2-1-3-5-18/h1-15H,(H,36,37,38)(H,39,40,41)/b7-6+. The molecule has 2 aromatic heterocycles. The van der Waals surface area contributed by atoms with Gasteiger partial charge >= 0.3 is 0 Å². The molecule has 0 radical (unpaired) electrons. The lowest BCUT2D eigenvalue weighted by molar-refractivity contribution is -0.385. The molecule has 2 N–H and O–H groups in total. The highest BCUT2D eigenvalue weighted by Crippen LogP contribution is 2.27. The number of fused-ring (bicyclic) bond motifs is 3. The van der Waals surface area contributed by atoms with E-state index in [2.05, 4.69) is 20.4 Å². The Morgan fingerprint density at radius 2 is 1.16 bits per heavy atom. The number of hydrogen-bond donors (Lipinski definition) is 2. The van der Waals surface area contributed by atoms with Gasteiger partial charge in [0.1, 0.15) is 31.9 Å². The summed E-state index contributed by atoms with van der Waals surface area (Å²) >= 11 is 0. The number of benzene rings is 4. The fourth-order valence-corrected chi connectivity index (χ4v) is 5.74. The molecule has 0 aliphatic heterocycles. The quantitative estimate of drug-likeness (QED) is 0.113. The first kappa shape index (κ1) is 27.8. The maximum atomic E-state index is 12.3. The zero-order chi connectivity index (χ0) is 30.5. The van der Waals surface area contributed by atoms with Crippen LogP contribution in [0.2, 0.25) is 0 Å². The molecular formula is C26H17N7O8S2. The molecule has 0 amide bonds. The molecule has 0 spiro atoms. The Hall–Kier alpha value is -5.36. The Balaban J connectivity index is 1.41. The molecule has 4 aromatic carbocycles. The molecule has 0 unspecified atom stereocenters. The molecule has 6 rings (SSSR count). The zero-order valence-electron chi connectivity index (χ0n) is 21.5. The SMILES string of the molecule is O=[N+]([O-])c1ccc(/C=C/c2ccc(-n3nc4ccc5nn(-c6ccccc6)nc5c4n3)cc2S(=O)(=O)O)c(S(=O)(=O)O)c1. The molecule has 0 atom stereocenters. The van der Waals surface area contributed by atoms with Gasteiger partial charge in [-0.25, -0.2) is 0 Å². The summed E-state index contributed by atoms with van der Waals surface area (Å²) in [5.74, 6) is 0. The van der Waals surface area contributed by atoms with E-state index in [9.17, 15) is 36.1 Å². The second kappa shape index (κ2) is 10.2. The normalized spacial score (nSPS) is 12.4. The summed E-state index contributed by atoms with van der Waals surface area (Å²) < 4.78 is 67.8. The van der Waals surface area contributed by atoms with Crippen molar-refractivity contribution < 1.29 is 30.9 Å². The molecule has 0 aliphatic carbocycles. The van der Waals surface area contributed by atoms with Crippen molar-refractivity contribution in [1.29, 1.82) is 0 Å². The number of non-ortho nitro benzene ring substituents is 1. The number of hydrogen-bond acceptors (Lipinski definition) is 10. The topological polar surface area (TPSA) is 213 Å². The number of rotatable bonds is 7. The Kier molecular flexibility index (Phi) is 6.57. The van der Waals surface area contributed by atoms with E-state index in [4.69, 9.17) is 0 Å². The van der Waals surface area contributed by atoms with Crippen LogP contribution >= 0.6 is 0 Å². The van der Waals surface area contributed by atoms with Gasteiger partial charge in [0.2, 0.25) is 0 Å². The highest BCUT2D eigenvalue weighted by molar-refractivity contribution is 7.86. The number of nitro groups is 1. The lowest BCUT2D eigenvalue weighted by Crippen LogP contribution is -2.05. The van der Waals surface area contributed by atoms with Crippen LogP contribution in [-0.4, -0.2) is 60.9 Å². The lowest BCUT2D eigenvalue weighted by atomic mass is 10.1. The van der Waals surface area contributed by atoms with Crippen LogP contribution in [0.4, 0.5) is 5.69 Å². The van der Waals surface area contributed by atoms with E-state index < -0.39 is 40.6 Å². The van der Waals surface area contributed by atoms with Crippen LogP contribution in [0.25, 0.3) is 45.6 Å². The summed E-state index contributed by atoms with van der Waals surface area (Å²) in [5, 5.41) is 28.9. The van der Waals surface area contributed by atoms with Crippen LogP contribution < -0.4 is 0 Å². The minimum absolute atomic E-state index is 0.0594. The molecule has 17 heteroatoms. The van der Waals surface area contributed by atoms with Crippen molar-refractivity contribution in [2.45, 2.75) is 9.79 Å².